The van der Waals surface area contributed by atoms with E-state index in [0.717, 1.165) is 17.7 Å². The second-order valence-electron chi connectivity index (χ2n) is 8.32. The molecule has 0 N–H and O–H groups in total. The number of imide groups is 1. The van der Waals surface area contributed by atoms with Gasteiger partial charge >= 0.3 is 5.97 Å². The average Bonchev–Trinajstić information content (AvgIpc) is 3.06. The molecule has 1 aliphatic heterocycles. The third kappa shape index (κ3) is 4.87. The zero-order valence-electron chi connectivity index (χ0n) is 18.4. The maximum absolute atomic E-state index is 13.4. The molecule has 6 nitrogen and oxygen atoms in total. The molecule has 2 amide bonds. The number of rotatable bonds is 7. The zero-order valence-corrected chi connectivity index (χ0v) is 19.9. The number of nitrogens with zero attached hydrogens (tertiary/aromatic N) is 1. The number of amides is 2. The van der Waals surface area contributed by atoms with Crippen LogP contribution < -0.4 is 9.64 Å². The second kappa shape index (κ2) is 10.1. The van der Waals surface area contributed by atoms with Gasteiger partial charge in [0.25, 0.3) is 11.8 Å². The molecule has 4 rings (SSSR count). The van der Waals surface area contributed by atoms with Gasteiger partial charge in [0.05, 0.1) is 46.5 Å². The predicted octanol–water partition coefficient (Wildman–Crippen LogP) is 5.86. The molecule has 33 heavy (non-hydrogen) atoms. The first-order valence-corrected chi connectivity index (χ1v) is 11.9. The number of hydrogen-bond donors (Lipinski definition) is 0. The van der Waals surface area contributed by atoms with E-state index in [-0.39, 0.29) is 45.9 Å². The fourth-order valence-corrected chi connectivity index (χ4v) is 4.94. The van der Waals surface area contributed by atoms with E-state index in [2.05, 4.69) is 0 Å². The van der Waals surface area contributed by atoms with Crippen LogP contribution in [0.3, 0.4) is 0 Å². The minimum absolute atomic E-state index is 0.0426. The molecule has 0 radical (unpaired) electrons. The number of carbonyl (C=O) groups is 3. The van der Waals surface area contributed by atoms with Crippen LogP contribution in [-0.2, 0) is 16.0 Å². The van der Waals surface area contributed by atoms with Gasteiger partial charge in [0.15, 0.2) is 0 Å². The third-order valence-corrected chi connectivity index (χ3v) is 6.67. The van der Waals surface area contributed by atoms with Crippen molar-refractivity contribution in [2.75, 3.05) is 18.1 Å². The molecule has 0 aromatic heterocycles. The summed E-state index contributed by atoms with van der Waals surface area (Å²) in [7, 11) is 0. The molecule has 174 valence electrons. The van der Waals surface area contributed by atoms with Crippen molar-refractivity contribution in [2.24, 2.45) is 5.92 Å². The van der Waals surface area contributed by atoms with Crippen LogP contribution in [0.15, 0.2) is 30.3 Å². The number of anilines is 1. The van der Waals surface area contributed by atoms with Crippen LogP contribution in [0.1, 0.15) is 65.3 Å². The summed E-state index contributed by atoms with van der Waals surface area (Å²) >= 11 is 12.7. The Kier molecular flexibility index (Phi) is 7.25. The third-order valence-electron chi connectivity index (χ3n) is 6.06. The van der Waals surface area contributed by atoms with Gasteiger partial charge < -0.3 is 9.47 Å². The fraction of sp³-hybridized carbons (Fsp3) is 0.400. The summed E-state index contributed by atoms with van der Waals surface area (Å²) in [6.07, 6.45) is 5.85. The first-order valence-electron chi connectivity index (χ1n) is 11.2. The Labute approximate surface area is 202 Å². The van der Waals surface area contributed by atoms with E-state index >= 15 is 0 Å². The average molecular weight is 490 g/mol. The molecule has 0 spiro atoms. The quantitative estimate of drug-likeness (QED) is 0.359. The molecule has 1 fully saturated rings. The van der Waals surface area contributed by atoms with E-state index in [1.807, 2.05) is 0 Å². The highest BCUT2D eigenvalue weighted by molar-refractivity contribution is 6.44. The van der Waals surface area contributed by atoms with E-state index in [1.165, 1.54) is 19.3 Å². The standard InChI is InChI=1S/C25H25Cl2NO5/c1-2-32-21(29)13-16-8-10-19(18(27)12-16)28-24(30)22-17(26)9-11-20(23(22)25(28)31)33-14-15-6-4-3-5-7-15/h8-12,15H,2-7,13-14H2,1H3. The molecule has 1 aliphatic carbocycles. The molecule has 8 heteroatoms. The summed E-state index contributed by atoms with van der Waals surface area (Å²) in [5.74, 6) is -0.668. The molecule has 2 aromatic rings. The summed E-state index contributed by atoms with van der Waals surface area (Å²) in [5, 5.41) is 0.359. The Morgan fingerprint density at radius 2 is 1.73 bits per heavy atom. The van der Waals surface area contributed by atoms with Crippen LogP contribution in [0.5, 0.6) is 5.75 Å². The summed E-state index contributed by atoms with van der Waals surface area (Å²) in [6, 6.07) is 7.97. The number of fused-ring (bicyclic) bond motifs is 1. The van der Waals surface area contributed by atoms with Gasteiger partial charge in [-0.15, -0.1) is 0 Å². The van der Waals surface area contributed by atoms with Gasteiger partial charge in [-0.3, -0.25) is 14.4 Å². The van der Waals surface area contributed by atoms with E-state index < -0.39 is 11.8 Å². The van der Waals surface area contributed by atoms with Crippen LogP contribution in [-0.4, -0.2) is 31.0 Å². The highest BCUT2D eigenvalue weighted by Gasteiger charge is 2.42. The van der Waals surface area contributed by atoms with Crippen molar-refractivity contribution in [2.45, 2.75) is 45.4 Å². The van der Waals surface area contributed by atoms with Crippen LogP contribution >= 0.6 is 23.2 Å². The fourth-order valence-electron chi connectivity index (χ4n) is 4.42. The topological polar surface area (TPSA) is 72.9 Å². The Balaban J connectivity index is 1.59. The SMILES string of the molecule is CCOC(=O)Cc1ccc(N2C(=O)c3c(Cl)ccc(OCC4CCCCC4)c3C2=O)c(Cl)c1. The van der Waals surface area contributed by atoms with Gasteiger partial charge in [-0.2, -0.15) is 0 Å². The zero-order chi connectivity index (χ0) is 23.5. The molecule has 1 saturated carbocycles. The van der Waals surface area contributed by atoms with Gasteiger partial charge in [0.1, 0.15) is 5.75 Å². The first-order chi connectivity index (χ1) is 15.9. The molecule has 0 unspecified atom stereocenters. The smallest absolute Gasteiger partial charge is 0.310 e. The van der Waals surface area contributed by atoms with Crippen molar-refractivity contribution in [1.29, 1.82) is 0 Å². The van der Waals surface area contributed by atoms with Crippen molar-refractivity contribution < 1.29 is 23.9 Å². The monoisotopic (exact) mass is 489 g/mol. The lowest BCUT2D eigenvalue weighted by atomic mass is 9.90. The minimum Gasteiger partial charge on any atom is -0.492 e. The van der Waals surface area contributed by atoms with Crippen molar-refractivity contribution in [3.8, 4) is 5.75 Å². The van der Waals surface area contributed by atoms with Crippen LogP contribution in [0.4, 0.5) is 5.69 Å². The second-order valence-corrected chi connectivity index (χ2v) is 9.14. The maximum Gasteiger partial charge on any atom is 0.310 e. The largest absolute Gasteiger partial charge is 0.492 e. The van der Waals surface area contributed by atoms with Crippen molar-refractivity contribution >= 4 is 46.7 Å². The van der Waals surface area contributed by atoms with Gasteiger partial charge in [-0.25, -0.2) is 4.90 Å². The molecule has 1 heterocycles. The Bertz CT molecular complexity index is 1090. The Morgan fingerprint density at radius 1 is 1.00 bits per heavy atom. The number of esters is 1. The maximum atomic E-state index is 13.4. The normalized spacial score (nSPS) is 16.2. The number of halogens is 2. The van der Waals surface area contributed by atoms with E-state index in [1.54, 1.807) is 37.3 Å². The van der Waals surface area contributed by atoms with Gasteiger partial charge in [-0.1, -0.05) is 48.5 Å². The molecule has 0 bridgehead atoms. The molecular weight excluding hydrogens is 465 g/mol. The molecule has 2 aliphatic rings. The van der Waals surface area contributed by atoms with Crippen molar-refractivity contribution in [3.63, 3.8) is 0 Å². The van der Waals surface area contributed by atoms with Gasteiger partial charge in [0.2, 0.25) is 0 Å². The van der Waals surface area contributed by atoms with E-state index in [4.69, 9.17) is 32.7 Å². The van der Waals surface area contributed by atoms with Crippen LogP contribution in [0, 0.1) is 5.92 Å². The summed E-state index contributed by atoms with van der Waals surface area (Å²) in [6.45, 7) is 2.51. The predicted molar refractivity (Wildman–Crippen MR) is 126 cm³/mol. The highest BCUT2D eigenvalue weighted by atomic mass is 35.5. The van der Waals surface area contributed by atoms with Crippen molar-refractivity contribution in [3.05, 3.63) is 57.1 Å². The molecule has 0 atom stereocenters. The summed E-state index contributed by atoms with van der Waals surface area (Å²) in [4.78, 5) is 39.4. The number of carbonyl (C=O) groups excluding carboxylic acids is 3. The minimum atomic E-state index is -0.553. The van der Waals surface area contributed by atoms with E-state index in [9.17, 15) is 14.4 Å². The molecular formula is C25H25Cl2NO5. The Morgan fingerprint density at radius 3 is 2.42 bits per heavy atom. The van der Waals surface area contributed by atoms with E-state index in [0.29, 0.717) is 23.8 Å². The van der Waals surface area contributed by atoms with Crippen LogP contribution in [0.2, 0.25) is 10.0 Å². The molecule has 0 saturated heterocycles. The number of ether oxygens (including phenoxy) is 2. The highest BCUT2D eigenvalue weighted by Crippen LogP contribution is 2.40. The Hall–Kier alpha value is -2.57. The summed E-state index contributed by atoms with van der Waals surface area (Å²) < 4.78 is 11.0. The lowest BCUT2D eigenvalue weighted by molar-refractivity contribution is -0.142. The van der Waals surface area contributed by atoms with Gasteiger partial charge in [-0.05, 0) is 55.5 Å². The van der Waals surface area contributed by atoms with Gasteiger partial charge in [0, 0.05) is 0 Å². The lowest BCUT2D eigenvalue weighted by Gasteiger charge is -2.22. The summed E-state index contributed by atoms with van der Waals surface area (Å²) in [5.41, 5.74) is 1.13. The first kappa shape index (κ1) is 23.6. The lowest BCUT2D eigenvalue weighted by Crippen LogP contribution is -2.30. The number of benzene rings is 2. The molecule has 2 aromatic carbocycles. The van der Waals surface area contributed by atoms with Crippen LogP contribution in [0.25, 0.3) is 0 Å². The van der Waals surface area contributed by atoms with Crippen molar-refractivity contribution in [1.82, 2.24) is 0 Å². The number of hydrogen-bond acceptors (Lipinski definition) is 5.